The Balaban J connectivity index is 1.71. The third-order valence-electron chi connectivity index (χ3n) is 3.24. The second-order valence-electron chi connectivity index (χ2n) is 4.80. The van der Waals surface area contributed by atoms with Crippen molar-refractivity contribution in [2.45, 2.75) is 19.0 Å². The van der Waals surface area contributed by atoms with E-state index in [9.17, 15) is 4.39 Å². The van der Waals surface area contributed by atoms with E-state index in [1.165, 1.54) is 12.1 Å². The molecule has 0 aliphatic carbocycles. The highest BCUT2D eigenvalue weighted by atomic mass is 19.1. The van der Waals surface area contributed by atoms with Crippen molar-refractivity contribution in [2.75, 3.05) is 13.1 Å². The Hall–Kier alpha value is -1.79. The van der Waals surface area contributed by atoms with E-state index < -0.39 is 0 Å². The van der Waals surface area contributed by atoms with Crippen molar-refractivity contribution in [2.24, 2.45) is 5.73 Å². The van der Waals surface area contributed by atoms with Gasteiger partial charge in [0.1, 0.15) is 5.82 Å². The summed E-state index contributed by atoms with van der Waals surface area (Å²) >= 11 is 0. The van der Waals surface area contributed by atoms with Gasteiger partial charge in [0.15, 0.2) is 0 Å². The molecule has 0 spiro atoms. The molecule has 6 heteroatoms. The minimum atomic E-state index is -0.279. The maximum absolute atomic E-state index is 12.8. The van der Waals surface area contributed by atoms with Crippen LogP contribution in [-0.2, 0) is 6.54 Å². The Bertz CT molecular complexity index is 554. The molecule has 0 amide bonds. The van der Waals surface area contributed by atoms with Crippen molar-refractivity contribution in [3.05, 3.63) is 36.0 Å². The predicted molar refractivity (Wildman–Crippen MR) is 67.6 cm³/mol. The number of likely N-dealkylation sites (tertiary alicyclic amines) is 1. The van der Waals surface area contributed by atoms with Crippen LogP contribution in [0.1, 0.15) is 12.3 Å². The standard InChI is InChI=1S/C13H15FN4O/c14-10-3-1-9(2-4-10)13-16-12(19-17-13)8-18-6-5-11(15)7-18/h1-4,11H,5-8,15H2/t11-/m1/s1. The van der Waals surface area contributed by atoms with Gasteiger partial charge in [0.25, 0.3) is 0 Å². The summed E-state index contributed by atoms with van der Waals surface area (Å²) in [4.78, 5) is 6.50. The average Bonchev–Trinajstić information content (AvgIpc) is 3.00. The molecule has 0 saturated carbocycles. The molecule has 5 nitrogen and oxygen atoms in total. The van der Waals surface area contributed by atoms with Gasteiger partial charge in [-0.05, 0) is 30.7 Å². The summed E-state index contributed by atoms with van der Waals surface area (Å²) in [6.07, 6.45) is 0.999. The normalized spacial score (nSPS) is 20.0. The monoisotopic (exact) mass is 262 g/mol. The molecular weight excluding hydrogens is 247 g/mol. The molecule has 1 aromatic carbocycles. The zero-order valence-corrected chi connectivity index (χ0v) is 10.4. The molecule has 1 saturated heterocycles. The Labute approximate surface area is 110 Å². The number of hydrogen-bond acceptors (Lipinski definition) is 5. The molecule has 1 atom stereocenters. The molecular formula is C13H15FN4O. The van der Waals surface area contributed by atoms with E-state index in [1.54, 1.807) is 12.1 Å². The van der Waals surface area contributed by atoms with Gasteiger partial charge in [0.05, 0.1) is 6.54 Å². The predicted octanol–water partition coefficient (Wildman–Crippen LogP) is 1.41. The lowest BCUT2D eigenvalue weighted by Crippen LogP contribution is -2.26. The van der Waals surface area contributed by atoms with Crippen molar-refractivity contribution in [3.63, 3.8) is 0 Å². The van der Waals surface area contributed by atoms with E-state index in [-0.39, 0.29) is 11.9 Å². The van der Waals surface area contributed by atoms with Crippen molar-refractivity contribution in [3.8, 4) is 11.4 Å². The highest BCUT2D eigenvalue weighted by Crippen LogP contribution is 2.17. The highest BCUT2D eigenvalue weighted by Gasteiger charge is 2.21. The zero-order chi connectivity index (χ0) is 13.2. The number of halogens is 1. The van der Waals surface area contributed by atoms with Crippen molar-refractivity contribution < 1.29 is 8.91 Å². The quantitative estimate of drug-likeness (QED) is 0.905. The second-order valence-corrected chi connectivity index (χ2v) is 4.80. The molecule has 0 bridgehead atoms. The van der Waals surface area contributed by atoms with Gasteiger partial charge >= 0.3 is 0 Å². The van der Waals surface area contributed by atoms with Gasteiger partial charge in [0.2, 0.25) is 11.7 Å². The summed E-state index contributed by atoms with van der Waals surface area (Å²) in [6.45, 7) is 2.42. The van der Waals surface area contributed by atoms with Crippen LogP contribution in [0, 0.1) is 5.82 Å². The first-order chi connectivity index (χ1) is 9.20. The van der Waals surface area contributed by atoms with Gasteiger partial charge in [-0.1, -0.05) is 5.16 Å². The number of benzene rings is 1. The van der Waals surface area contributed by atoms with Gasteiger partial charge in [0, 0.05) is 24.7 Å². The van der Waals surface area contributed by atoms with Crippen LogP contribution in [0.25, 0.3) is 11.4 Å². The van der Waals surface area contributed by atoms with Gasteiger partial charge in [-0.2, -0.15) is 4.98 Å². The molecule has 2 N–H and O–H groups in total. The summed E-state index contributed by atoms with van der Waals surface area (Å²) in [5, 5.41) is 3.91. The van der Waals surface area contributed by atoms with Crippen LogP contribution in [0.5, 0.6) is 0 Å². The van der Waals surface area contributed by atoms with Gasteiger partial charge in [-0.15, -0.1) is 0 Å². The first kappa shape index (κ1) is 12.3. The maximum atomic E-state index is 12.8. The maximum Gasteiger partial charge on any atom is 0.241 e. The molecule has 1 aliphatic rings. The Morgan fingerprint density at radius 1 is 1.37 bits per heavy atom. The van der Waals surface area contributed by atoms with E-state index in [0.717, 1.165) is 25.1 Å². The molecule has 2 aromatic rings. The minimum absolute atomic E-state index is 0.236. The number of hydrogen-bond donors (Lipinski definition) is 1. The minimum Gasteiger partial charge on any atom is -0.338 e. The van der Waals surface area contributed by atoms with Crippen molar-refractivity contribution >= 4 is 0 Å². The number of nitrogens with zero attached hydrogens (tertiary/aromatic N) is 3. The molecule has 1 aromatic heterocycles. The summed E-state index contributed by atoms with van der Waals surface area (Å²) in [6, 6.07) is 6.26. The topological polar surface area (TPSA) is 68.2 Å². The van der Waals surface area contributed by atoms with Gasteiger partial charge in [-0.25, -0.2) is 4.39 Å². The van der Waals surface area contributed by atoms with Crippen LogP contribution in [0.4, 0.5) is 4.39 Å². The molecule has 1 aliphatic heterocycles. The lowest BCUT2D eigenvalue weighted by Gasteiger charge is -2.10. The van der Waals surface area contributed by atoms with E-state index in [2.05, 4.69) is 15.0 Å². The fraction of sp³-hybridized carbons (Fsp3) is 0.385. The van der Waals surface area contributed by atoms with E-state index in [1.807, 2.05) is 0 Å². The van der Waals surface area contributed by atoms with Crippen LogP contribution in [0.2, 0.25) is 0 Å². The highest BCUT2D eigenvalue weighted by molar-refractivity contribution is 5.53. The lowest BCUT2D eigenvalue weighted by molar-refractivity contribution is 0.265. The smallest absolute Gasteiger partial charge is 0.241 e. The molecule has 1 fully saturated rings. The van der Waals surface area contributed by atoms with Crippen LogP contribution >= 0.6 is 0 Å². The van der Waals surface area contributed by atoms with E-state index in [0.29, 0.717) is 18.3 Å². The molecule has 0 unspecified atom stereocenters. The summed E-state index contributed by atoms with van der Waals surface area (Å²) in [5.74, 6) is 0.769. The molecule has 100 valence electrons. The molecule has 19 heavy (non-hydrogen) atoms. The average molecular weight is 262 g/mol. The molecule has 0 radical (unpaired) electrons. The molecule has 2 heterocycles. The van der Waals surface area contributed by atoms with E-state index >= 15 is 0 Å². The van der Waals surface area contributed by atoms with Gasteiger partial charge in [-0.3, -0.25) is 4.90 Å². The number of nitrogens with two attached hydrogens (primary N) is 1. The van der Waals surface area contributed by atoms with Crippen LogP contribution in [0.15, 0.2) is 28.8 Å². The second kappa shape index (κ2) is 5.07. The van der Waals surface area contributed by atoms with Crippen molar-refractivity contribution in [1.29, 1.82) is 0 Å². The Morgan fingerprint density at radius 3 is 2.84 bits per heavy atom. The van der Waals surface area contributed by atoms with Crippen LogP contribution in [0.3, 0.4) is 0 Å². The number of aromatic nitrogens is 2. The van der Waals surface area contributed by atoms with Crippen LogP contribution in [-0.4, -0.2) is 34.2 Å². The Kier molecular flexibility index (Phi) is 3.27. The third kappa shape index (κ3) is 2.80. The first-order valence-electron chi connectivity index (χ1n) is 6.27. The van der Waals surface area contributed by atoms with E-state index in [4.69, 9.17) is 10.3 Å². The number of rotatable bonds is 3. The van der Waals surface area contributed by atoms with Gasteiger partial charge < -0.3 is 10.3 Å². The molecule has 3 rings (SSSR count). The SMILES string of the molecule is N[C@@H]1CCN(Cc2nc(-c3ccc(F)cc3)no2)C1. The summed E-state index contributed by atoms with van der Waals surface area (Å²) in [7, 11) is 0. The third-order valence-corrected chi connectivity index (χ3v) is 3.24. The Morgan fingerprint density at radius 2 is 2.16 bits per heavy atom. The van der Waals surface area contributed by atoms with Crippen molar-refractivity contribution in [1.82, 2.24) is 15.0 Å². The first-order valence-corrected chi connectivity index (χ1v) is 6.27. The fourth-order valence-electron chi connectivity index (χ4n) is 2.23. The summed E-state index contributed by atoms with van der Waals surface area (Å²) < 4.78 is 18.0. The fourth-order valence-corrected chi connectivity index (χ4v) is 2.23. The van der Waals surface area contributed by atoms with Crippen LogP contribution < -0.4 is 5.73 Å². The lowest BCUT2D eigenvalue weighted by atomic mass is 10.2. The summed E-state index contributed by atoms with van der Waals surface area (Å²) in [5.41, 5.74) is 6.59. The zero-order valence-electron chi connectivity index (χ0n) is 10.4. The largest absolute Gasteiger partial charge is 0.338 e.